The third kappa shape index (κ3) is 3.28. The van der Waals surface area contributed by atoms with Crippen molar-refractivity contribution >= 4 is 5.97 Å². The Bertz CT molecular complexity index is 418. The van der Waals surface area contributed by atoms with E-state index in [0.29, 0.717) is 24.7 Å². The van der Waals surface area contributed by atoms with Crippen molar-refractivity contribution in [2.24, 2.45) is 17.3 Å². The highest BCUT2D eigenvalue weighted by atomic mass is 19.3. The first-order chi connectivity index (χ1) is 9.43. The summed E-state index contributed by atoms with van der Waals surface area (Å²) in [5.74, 6) is -0.177. The summed E-state index contributed by atoms with van der Waals surface area (Å²) in [6.07, 6.45) is 6.67. The molecule has 2 aliphatic rings. The molecule has 0 saturated heterocycles. The third-order valence-electron chi connectivity index (χ3n) is 4.91. The van der Waals surface area contributed by atoms with E-state index < -0.39 is 24.2 Å². The van der Waals surface area contributed by atoms with Gasteiger partial charge in [0.15, 0.2) is 0 Å². The van der Waals surface area contributed by atoms with Crippen molar-refractivity contribution in [3.63, 3.8) is 0 Å². The minimum absolute atomic E-state index is 0.379. The molecule has 0 aromatic rings. The summed E-state index contributed by atoms with van der Waals surface area (Å²) in [5, 5.41) is 9.31. The number of hydrogen-bond acceptors (Lipinski definition) is 1. The van der Waals surface area contributed by atoms with Crippen LogP contribution < -0.4 is 0 Å². The lowest BCUT2D eigenvalue weighted by molar-refractivity contribution is -0.155. The Morgan fingerprint density at radius 2 is 2.10 bits per heavy atom. The zero-order valence-corrected chi connectivity index (χ0v) is 11.8. The van der Waals surface area contributed by atoms with Gasteiger partial charge in [0, 0.05) is 6.42 Å². The molecule has 1 fully saturated rings. The molecule has 0 aliphatic heterocycles. The van der Waals surface area contributed by atoms with Crippen LogP contribution in [-0.2, 0) is 4.79 Å². The molecule has 1 saturated carbocycles. The van der Waals surface area contributed by atoms with E-state index in [4.69, 9.17) is 0 Å². The highest BCUT2D eigenvalue weighted by Crippen LogP contribution is 2.46. The highest BCUT2D eigenvalue weighted by Gasteiger charge is 2.44. The quantitative estimate of drug-likeness (QED) is 0.829. The second kappa shape index (κ2) is 6.06. The molecule has 1 N–H and O–H groups in total. The molecule has 0 aromatic heterocycles. The first kappa shape index (κ1) is 15.2. The zero-order valence-electron chi connectivity index (χ0n) is 11.8. The molecule has 20 heavy (non-hydrogen) atoms. The predicted octanol–water partition coefficient (Wildman–Crippen LogP) is 4.43. The van der Waals surface area contributed by atoms with Gasteiger partial charge < -0.3 is 5.11 Å². The van der Waals surface area contributed by atoms with Gasteiger partial charge in [-0.25, -0.2) is 8.78 Å². The SMILES string of the molecule is CC1=CCC([C@H]2CC[C@](CC(F)F)(C(=O)O)CC2)C=C1. The fourth-order valence-corrected chi connectivity index (χ4v) is 3.52. The van der Waals surface area contributed by atoms with Gasteiger partial charge in [0.05, 0.1) is 5.41 Å². The van der Waals surface area contributed by atoms with Crippen molar-refractivity contribution in [1.29, 1.82) is 0 Å². The average molecular weight is 284 g/mol. The molecule has 0 amide bonds. The number of rotatable bonds is 4. The molecule has 4 heteroatoms. The van der Waals surface area contributed by atoms with Gasteiger partial charge in [0.25, 0.3) is 0 Å². The number of aliphatic carboxylic acids is 1. The van der Waals surface area contributed by atoms with Gasteiger partial charge in [-0.15, -0.1) is 0 Å². The van der Waals surface area contributed by atoms with Crippen LogP contribution in [0.25, 0.3) is 0 Å². The first-order valence-corrected chi connectivity index (χ1v) is 7.29. The summed E-state index contributed by atoms with van der Waals surface area (Å²) in [6, 6.07) is 0. The van der Waals surface area contributed by atoms with Gasteiger partial charge >= 0.3 is 5.97 Å². The van der Waals surface area contributed by atoms with E-state index in [1.807, 2.05) is 0 Å². The molecule has 2 nitrogen and oxygen atoms in total. The molecule has 1 unspecified atom stereocenters. The van der Waals surface area contributed by atoms with Crippen LogP contribution in [-0.4, -0.2) is 17.5 Å². The van der Waals surface area contributed by atoms with Crippen molar-refractivity contribution in [1.82, 2.24) is 0 Å². The van der Waals surface area contributed by atoms with E-state index >= 15 is 0 Å². The first-order valence-electron chi connectivity index (χ1n) is 7.29. The van der Waals surface area contributed by atoms with Gasteiger partial charge in [-0.3, -0.25) is 4.79 Å². The molecule has 112 valence electrons. The van der Waals surface area contributed by atoms with Gasteiger partial charge in [-0.05, 0) is 50.9 Å². The van der Waals surface area contributed by atoms with Crippen LogP contribution in [0, 0.1) is 17.3 Å². The molecule has 0 aromatic carbocycles. The van der Waals surface area contributed by atoms with Gasteiger partial charge in [0.1, 0.15) is 0 Å². The second-order valence-corrected chi connectivity index (χ2v) is 6.22. The summed E-state index contributed by atoms with van der Waals surface area (Å²) in [4.78, 5) is 11.4. The lowest BCUT2D eigenvalue weighted by Gasteiger charge is -2.39. The average Bonchev–Trinajstić information content (AvgIpc) is 2.40. The van der Waals surface area contributed by atoms with E-state index in [1.165, 1.54) is 5.57 Å². The number of allylic oxidation sites excluding steroid dienone is 4. The lowest BCUT2D eigenvalue weighted by Crippen LogP contribution is -2.38. The van der Waals surface area contributed by atoms with E-state index in [2.05, 4.69) is 25.2 Å². The Hall–Kier alpha value is -1.19. The Kier molecular flexibility index (Phi) is 4.61. The largest absolute Gasteiger partial charge is 0.481 e. The van der Waals surface area contributed by atoms with E-state index in [9.17, 15) is 18.7 Å². The fraction of sp³-hybridized carbons (Fsp3) is 0.688. The van der Waals surface area contributed by atoms with Crippen LogP contribution in [0.5, 0.6) is 0 Å². The fourth-order valence-electron chi connectivity index (χ4n) is 3.52. The second-order valence-electron chi connectivity index (χ2n) is 6.22. The zero-order chi connectivity index (χ0) is 14.8. The number of carboxylic acid groups (broad SMARTS) is 1. The minimum Gasteiger partial charge on any atom is -0.481 e. The lowest BCUT2D eigenvalue weighted by atomic mass is 9.65. The van der Waals surface area contributed by atoms with Crippen molar-refractivity contribution in [3.8, 4) is 0 Å². The summed E-state index contributed by atoms with van der Waals surface area (Å²) in [7, 11) is 0. The molecular formula is C16H22F2O2. The standard InChI is InChI=1S/C16H22F2O2/c1-11-2-4-12(5-3-11)13-6-8-16(9-7-13,15(19)20)10-14(17)18/h2-4,12-14H,5-10H2,1H3,(H,19,20)/t12?,13-,16-. The molecule has 0 radical (unpaired) electrons. The topological polar surface area (TPSA) is 37.3 Å². The smallest absolute Gasteiger partial charge is 0.309 e. The minimum atomic E-state index is -2.54. The number of carboxylic acids is 1. The Morgan fingerprint density at radius 3 is 2.55 bits per heavy atom. The molecule has 2 aliphatic carbocycles. The van der Waals surface area contributed by atoms with Crippen LogP contribution in [0.1, 0.15) is 45.4 Å². The molecule has 2 rings (SSSR count). The van der Waals surface area contributed by atoms with Gasteiger partial charge in [0.2, 0.25) is 6.43 Å². The van der Waals surface area contributed by atoms with Crippen LogP contribution in [0.2, 0.25) is 0 Å². The summed E-state index contributed by atoms with van der Waals surface area (Å²) < 4.78 is 25.3. The summed E-state index contributed by atoms with van der Waals surface area (Å²) >= 11 is 0. The van der Waals surface area contributed by atoms with Gasteiger partial charge in [-0.2, -0.15) is 0 Å². The third-order valence-corrected chi connectivity index (χ3v) is 4.91. The van der Waals surface area contributed by atoms with Crippen LogP contribution in [0.15, 0.2) is 23.8 Å². The van der Waals surface area contributed by atoms with Crippen LogP contribution in [0.4, 0.5) is 8.78 Å². The number of hydrogen-bond donors (Lipinski definition) is 1. The Balaban J connectivity index is 1.97. The molecular weight excluding hydrogens is 262 g/mol. The van der Waals surface area contributed by atoms with Gasteiger partial charge in [-0.1, -0.05) is 23.8 Å². The summed E-state index contributed by atoms with van der Waals surface area (Å²) in [6.45, 7) is 2.06. The van der Waals surface area contributed by atoms with Crippen LogP contribution >= 0.6 is 0 Å². The van der Waals surface area contributed by atoms with Crippen molar-refractivity contribution in [2.75, 3.05) is 0 Å². The highest BCUT2D eigenvalue weighted by molar-refractivity contribution is 5.74. The monoisotopic (exact) mass is 284 g/mol. The van der Waals surface area contributed by atoms with E-state index in [1.54, 1.807) is 0 Å². The van der Waals surface area contributed by atoms with Crippen LogP contribution in [0.3, 0.4) is 0 Å². The molecule has 0 bridgehead atoms. The Morgan fingerprint density at radius 1 is 1.45 bits per heavy atom. The maximum atomic E-state index is 12.6. The normalized spacial score (nSPS) is 34.1. The van der Waals surface area contributed by atoms with E-state index in [-0.39, 0.29) is 0 Å². The Labute approximate surface area is 118 Å². The maximum absolute atomic E-state index is 12.6. The molecule has 0 spiro atoms. The summed E-state index contributed by atoms with van der Waals surface area (Å²) in [5.41, 5.74) is 0.0593. The number of halogens is 2. The number of carbonyl (C=O) groups is 1. The predicted molar refractivity (Wildman–Crippen MR) is 73.7 cm³/mol. The van der Waals surface area contributed by atoms with Crippen molar-refractivity contribution < 1.29 is 18.7 Å². The van der Waals surface area contributed by atoms with Crippen molar-refractivity contribution in [2.45, 2.75) is 51.9 Å². The molecule has 1 atom stereocenters. The van der Waals surface area contributed by atoms with E-state index in [0.717, 1.165) is 19.3 Å². The van der Waals surface area contributed by atoms with Crippen molar-refractivity contribution in [3.05, 3.63) is 23.8 Å². The number of alkyl halides is 2. The molecule has 0 heterocycles. The maximum Gasteiger partial charge on any atom is 0.309 e.